The number of benzene rings is 2. The summed E-state index contributed by atoms with van der Waals surface area (Å²) in [5.74, 6) is -3.76. The molecule has 0 aliphatic carbocycles. The Morgan fingerprint density at radius 1 is 0.533 bits per heavy atom. The molecule has 0 heterocycles. The van der Waals surface area contributed by atoms with Crippen molar-refractivity contribution < 1.29 is 61.4 Å². The third-order valence-electron chi connectivity index (χ3n) is 3.49. The van der Waals surface area contributed by atoms with Crippen LogP contribution in [0.3, 0.4) is 0 Å². The highest BCUT2D eigenvalue weighted by atomic mass is 32.2. The largest absolute Gasteiger partial charge is 0.505 e. The van der Waals surface area contributed by atoms with Crippen molar-refractivity contribution in [2.24, 2.45) is 0 Å². The number of halogens is 1. The van der Waals surface area contributed by atoms with Gasteiger partial charge in [0.15, 0.2) is 11.6 Å². The molecule has 0 saturated carbocycles. The second-order valence-electron chi connectivity index (χ2n) is 5.51. The van der Waals surface area contributed by atoms with Gasteiger partial charge in [-0.25, -0.2) is 4.39 Å². The van der Waals surface area contributed by atoms with Crippen LogP contribution in [0.15, 0.2) is 43.8 Å². The molecular formula is C12H9FO13S4. The molecule has 0 bridgehead atoms. The zero-order valence-corrected chi connectivity index (χ0v) is 17.1. The summed E-state index contributed by atoms with van der Waals surface area (Å²) in [6, 6.07) is 1.09. The molecule has 13 nitrogen and oxygen atoms in total. The van der Waals surface area contributed by atoms with Crippen LogP contribution in [0.4, 0.5) is 4.39 Å². The first-order valence-corrected chi connectivity index (χ1v) is 12.6. The highest BCUT2D eigenvalue weighted by Gasteiger charge is 2.30. The molecule has 0 fully saturated rings. The Kier molecular flexibility index (Phi) is 5.78. The molecule has 0 unspecified atom stereocenters. The van der Waals surface area contributed by atoms with Gasteiger partial charge in [0, 0.05) is 0 Å². The molecule has 0 aromatic heterocycles. The fourth-order valence-corrected chi connectivity index (χ4v) is 4.87. The van der Waals surface area contributed by atoms with Crippen molar-refractivity contribution in [2.75, 3.05) is 0 Å². The first-order valence-electron chi connectivity index (χ1n) is 6.85. The fourth-order valence-electron chi connectivity index (χ4n) is 2.26. The van der Waals surface area contributed by atoms with Gasteiger partial charge in [-0.1, -0.05) is 0 Å². The van der Waals surface area contributed by atoms with Crippen LogP contribution in [0.2, 0.25) is 0 Å². The van der Waals surface area contributed by atoms with Gasteiger partial charge in [-0.2, -0.15) is 33.7 Å². The van der Waals surface area contributed by atoms with Crippen LogP contribution in [0, 0.1) is 5.82 Å². The predicted molar refractivity (Wildman–Crippen MR) is 92.8 cm³/mol. The molecule has 166 valence electrons. The van der Waals surface area contributed by atoms with Crippen LogP contribution in [0.25, 0.3) is 11.1 Å². The molecule has 30 heavy (non-hydrogen) atoms. The summed E-state index contributed by atoms with van der Waals surface area (Å²) in [4.78, 5) is -6.44. The van der Waals surface area contributed by atoms with Gasteiger partial charge in [0.05, 0.1) is 0 Å². The summed E-state index contributed by atoms with van der Waals surface area (Å²) in [5.41, 5.74) is -1.63. The van der Waals surface area contributed by atoms with Crippen LogP contribution in [0.1, 0.15) is 0 Å². The molecule has 5 N–H and O–H groups in total. The molecule has 18 heteroatoms. The van der Waals surface area contributed by atoms with Crippen LogP contribution in [0.5, 0.6) is 5.75 Å². The number of rotatable bonds is 5. The molecule has 2 rings (SSSR count). The van der Waals surface area contributed by atoms with E-state index >= 15 is 0 Å². The van der Waals surface area contributed by atoms with Gasteiger partial charge in [0.2, 0.25) is 0 Å². The highest BCUT2D eigenvalue weighted by Crippen LogP contribution is 2.37. The lowest BCUT2D eigenvalue weighted by atomic mass is 10.1. The second-order valence-corrected chi connectivity index (χ2v) is 11.1. The number of hydrogen-bond acceptors (Lipinski definition) is 9. The minimum absolute atomic E-state index is 0.229. The first kappa shape index (κ1) is 24.1. The van der Waals surface area contributed by atoms with Crippen molar-refractivity contribution in [1.29, 1.82) is 0 Å². The van der Waals surface area contributed by atoms with Gasteiger partial charge >= 0.3 is 0 Å². The topological polar surface area (TPSA) is 238 Å². The molecule has 0 atom stereocenters. The van der Waals surface area contributed by atoms with Crippen LogP contribution >= 0.6 is 0 Å². The summed E-state index contributed by atoms with van der Waals surface area (Å²) < 4.78 is 142. The highest BCUT2D eigenvalue weighted by molar-refractivity contribution is 7.87. The Bertz CT molecular complexity index is 1270. The SMILES string of the molecule is O=S(=O)(O)c1cc(-c2cc(S(=O)(=O)O)c(F)c(S(=O)(=O)O)c2)cc(S(=O)(=O)O)c1O. The molecule has 0 radical (unpaired) electrons. The Morgan fingerprint density at radius 2 is 0.767 bits per heavy atom. The maximum Gasteiger partial charge on any atom is 0.298 e. The first-order chi connectivity index (χ1) is 13.2. The van der Waals surface area contributed by atoms with E-state index in [0.717, 1.165) is 0 Å². The van der Waals surface area contributed by atoms with E-state index in [0.29, 0.717) is 12.1 Å². The van der Waals surface area contributed by atoms with E-state index in [1.807, 2.05) is 0 Å². The summed E-state index contributed by atoms with van der Waals surface area (Å²) >= 11 is 0. The van der Waals surface area contributed by atoms with Crippen LogP contribution in [-0.2, 0) is 40.5 Å². The van der Waals surface area contributed by atoms with Gasteiger partial charge in [0.1, 0.15) is 19.6 Å². The molecule has 2 aromatic carbocycles. The lowest BCUT2D eigenvalue weighted by Gasteiger charge is -2.12. The number of phenols is 1. The molecular weight excluding hydrogens is 499 g/mol. The quantitative estimate of drug-likeness (QED) is 0.339. The molecule has 2 aromatic rings. The maximum atomic E-state index is 14.2. The van der Waals surface area contributed by atoms with Gasteiger partial charge in [-0.15, -0.1) is 0 Å². The van der Waals surface area contributed by atoms with Crippen LogP contribution < -0.4 is 0 Å². The lowest BCUT2D eigenvalue weighted by molar-refractivity contribution is 0.422. The fraction of sp³-hybridized carbons (Fsp3) is 0. The molecule has 0 spiro atoms. The second kappa shape index (κ2) is 7.20. The summed E-state index contributed by atoms with van der Waals surface area (Å²) in [6.07, 6.45) is 0. The van der Waals surface area contributed by atoms with E-state index in [9.17, 15) is 43.2 Å². The predicted octanol–water partition coefficient (Wildman–Crippen LogP) is 0.185. The minimum Gasteiger partial charge on any atom is -0.505 e. The third-order valence-corrected chi connectivity index (χ3v) is 6.93. The normalized spacial score (nSPS) is 13.4. The van der Waals surface area contributed by atoms with E-state index < -0.39 is 82.7 Å². The van der Waals surface area contributed by atoms with E-state index in [2.05, 4.69) is 0 Å². The number of aromatic hydroxyl groups is 1. The molecule has 0 saturated heterocycles. The van der Waals surface area contributed by atoms with Crippen molar-refractivity contribution in [2.45, 2.75) is 19.6 Å². The molecule has 0 aliphatic rings. The van der Waals surface area contributed by atoms with Crippen molar-refractivity contribution in [3.8, 4) is 16.9 Å². The van der Waals surface area contributed by atoms with Gasteiger partial charge in [-0.3, -0.25) is 18.2 Å². The Balaban J connectivity index is 3.12. The number of hydrogen-bond donors (Lipinski definition) is 5. The zero-order chi connectivity index (χ0) is 23.4. The van der Waals surface area contributed by atoms with Crippen molar-refractivity contribution in [3.63, 3.8) is 0 Å². The Morgan fingerprint density at radius 3 is 1.00 bits per heavy atom. The van der Waals surface area contributed by atoms with Crippen LogP contribution in [-0.4, -0.2) is 57.0 Å². The van der Waals surface area contributed by atoms with Gasteiger partial charge in [0.25, 0.3) is 40.5 Å². The van der Waals surface area contributed by atoms with E-state index in [4.69, 9.17) is 18.2 Å². The minimum atomic E-state index is -5.47. The monoisotopic (exact) mass is 508 g/mol. The Labute approximate surface area is 168 Å². The average Bonchev–Trinajstić information content (AvgIpc) is 2.50. The van der Waals surface area contributed by atoms with Gasteiger partial charge < -0.3 is 5.11 Å². The van der Waals surface area contributed by atoms with E-state index in [1.54, 1.807) is 0 Å². The Hall–Kier alpha value is -2.19. The van der Waals surface area contributed by atoms with Crippen molar-refractivity contribution >= 4 is 40.5 Å². The van der Waals surface area contributed by atoms with Crippen molar-refractivity contribution in [3.05, 3.63) is 30.1 Å². The lowest BCUT2D eigenvalue weighted by Crippen LogP contribution is -2.10. The van der Waals surface area contributed by atoms with Gasteiger partial charge in [-0.05, 0) is 35.4 Å². The zero-order valence-electron chi connectivity index (χ0n) is 13.8. The number of phenolic OH excluding ortho intramolecular Hbond substituents is 1. The standard InChI is InChI=1S/C12H9FO13S4/c13-11-7(27(15,16)17)1-5(2-8(11)28(18,19)20)6-3-9(29(21,22)23)12(14)10(4-6)30(24,25)26/h1-4,14H,(H,15,16,17)(H,18,19,20)(H,21,22,23)(H,24,25,26). The third kappa shape index (κ3) is 4.75. The maximum absolute atomic E-state index is 14.2. The smallest absolute Gasteiger partial charge is 0.298 e. The molecule has 0 amide bonds. The van der Waals surface area contributed by atoms with E-state index in [-0.39, 0.29) is 12.1 Å². The van der Waals surface area contributed by atoms with E-state index in [1.165, 1.54) is 0 Å². The summed E-state index contributed by atoms with van der Waals surface area (Å²) in [6.45, 7) is 0. The van der Waals surface area contributed by atoms with Crippen molar-refractivity contribution in [1.82, 2.24) is 0 Å². The average molecular weight is 508 g/mol. The summed E-state index contributed by atoms with van der Waals surface area (Å²) in [5, 5.41) is 9.73. The summed E-state index contributed by atoms with van der Waals surface area (Å²) in [7, 11) is -21.7. The molecule has 0 aliphatic heterocycles.